The Balaban J connectivity index is 1.78. The Morgan fingerprint density at radius 2 is 1.71 bits per heavy atom. The number of carbonyl (C=O) groups is 1. The first kappa shape index (κ1) is 20.8. The number of anilines is 1. The number of amides is 1. The average Bonchev–Trinajstić information content (AvgIpc) is 3.09. The van der Waals surface area contributed by atoms with Crippen molar-refractivity contribution < 1.29 is 9.22 Å². The van der Waals surface area contributed by atoms with Gasteiger partial charge in [0, 0.05) is 18.8 Å². The minimum Gasteiger partial charge on any atom is -0.417 e. The van der Waals surface area contributed by atoms with Crippen LogP contribution in [0.4, 0.5) is 5.69 Å². The lowest BCUT2D eigenvalue weighted by atomic mass is 9.94. The summed E-state index contributed by atoms with van der Waals surface area (Å²) in [6.45, 7) is 12.7. The molecule has 3 nitrogen and oxygen atoms in total. The molecule has 1 aliphatic heterocycles. The van der Waals surface area contributed by atoms with Crippen LogP contribution in [0.2, 0.25) is 18.1 Å². The van der Waals surface area contributed by atoms with E-state index in [9.17, 15) is 4.79 Å². The summed E-state index contributed by atoms with van der Waals surface area (Å²) in [5.74, 6) is 0.0205. The molecule has 28 heavy (non-hydrogen) atoms. The van der Waals surface area contributed by atoms with Crippen LogP contribution in [0.15, 0.2) is 54.6 Å². The molecule has 0 aliphatic carbocycles. The van der Waals surface area contributed by atoms with E-state index >= 15 is 0 Å². The van der Waals surface area contributed by atoms with Gasteiger partial charge in [-0.15, -0.1) is 0 Å². The van der Waals surface area contributed by atoms with Crippen molar-refractivity contribution in [3.05, 3.63) is 65.7 Å². The predicted octanol–water partition coefficient (Wildman–Crippen LogP) is 5.77. The molecular formula is C24H33NO2Si. The van der Waals surface area contributed by atoms with E-state index in [1.54, 1.807) is 0 Å². The number of benzene rings is 2. The summed E-state index contributed by atoms with van der Waals surface area (Å²) < 4.78 is 6.40. The molecule has 0 spiro atoms. The van der Waals surface area contributed by atoms with E-state index in [0.29, 0.717) is 13.0 Å². The Labute approximate surface area is 170 Å². The Kier molecular flexibility index (Phi) is 6.11. The van der Waals surface area contributed by atoms with E-state index in [0.717, 1.165) is 24.2 Å². The number of hydrogen-bond donors (Lipinski definition) is 0. The molecule has 2 aromatic rings. The molecule has 4 heteroatoms. The molecule has 0 saturated carbocycles. The van der Waals surface area contributed by atoms with Crippen molar-refractivity contribution in [3.8, 4) is 0 Å². The van der Waals surface area contributed by atoms with Gasteiger partial charge < -0.3 is 9.33 Å². The number of para-hydroxylation sites is 1. The first-order valence-corrected chi connectivity index (χ1v) is 13.2. The van der Waals surface area contributed by atoms with Gasteiger partial charge in [0.1, 0.15) is 0 Å². The zero-order chi connectivity index (χ0) is 20.4. The third-order valence-electron chi connectivity index (χ3n) is 6.33. The van der Waals surface area contributed by atoms with Crippen LogP contribution >= 0.6 is 0 Å². The zero-order valence-electron chi connectivity index (χ0n) is 17.9. The van der Waals surface area contributed by atoms with Crippen LogP contribution in [0.5, 0.6) is 0 Å². The molecule has 1 amide bonds. The highest BCUT2D eigenvalue weighted by molar-refractivity contribution is 6.74. The maximum atomic E-state index is 13.5. The Hall–Kier alpha value is -1.91. The topological polar surface area (TPSA) is 29.5 Å². The van der Waals surface area contributed by atoms with E-state index in [1.165, 1.54) is 5.56 Å². The summed E-state index contributed by atoms with van der Waals surface area (Å²) in [5, 5.41) is 0.174. The number of rotatable bonds is 6. The molecule has 1 aliphatic rings. The van der Waals surface area contributed by atoms with Crippen LogP contribution in [-0.4, -0.2) is 27.4 Å². The van der Waals surface area contributed by atoms with Crippen molar-refractivity contribution in [2.75, 3.05) is 18.1 Å². The Morgan fingerprint density at radius 1 is 1.07 bits per heavy atom. The van der Waals surface area contributed by atoms with Crippen LogP contribution in [0, 0.1) is 0 Å². The van der Waals surface area contributed by atoms with Crippen molar-refractivity contribution in [2.45, 2.75) is 57.7 Å². The number of fused-ring (bicyclic) bond motifs is 1. The van der Waals surface area contributed by atoms with E-state index < -0.39 is 8.32 Å². The lowest BCUT2D eigenvalue weighted by molar-refractivity contribution is -0.120. The molecular weight excluding hydrogens is 362 g/mol. The van der Waals surface area contributed by atoms with Crippen molar-refractivity contribution in [2.24, 2.45) is 0 Å². The third-order valence-corrected chi connectivity index (χ3v) is 10.9. The highest BCUT2D eigenvalue weighted by Crippen LogP contribution is 2.37. The lowest BCUT2D eigenvalue weighted by Crippen LogP contribution is -2.41. The Morgan fingerprint density at radius 3 is 2.39 bits per heavy atom. The predicted molar refractivity (Wildman–Crippen MR) is 119 cm³/mol. The fourth-order valence-electron chi connectivity index (χ4n) is 3.52. The second-order valence-corrected chi connectivity index (χ2v) is 14.0. The van der Waals surface area contributed by atoms with E-state index in [1.807, 2.05) is 29.2 Å². The first-order chi connectivity index (χ1) is 13.2. The number of nitrogens with zero attached hydrogens (tertiary/aromatic N) is 1. The molecule has 0 bridgehead atoms. The van der Waals surface area contributed by atoms with Gasteiger partial charge in [0.2, 0.25) is 5.91 Å². The summed E-state index contributed by atoms with van der Waals surface area (Å²) in [6, 6.07) is 18.4. The van der Waals surface area contributed by atoms with Gasteiger partial charge in [-0.2, -0.15) is 0 Å². The van der Waals surface area contributed by atoms with Gasteiger partial charge in [0.15, 0.2) is 8.32 Å². The van der Waals surface area contributed by atoms with Gasteiger partial charge in [-0.1, -0.05) is 69.3 Å². The summed E-state index contributed by atoms with van der Waals surface area (Å²) in [4.78, 5) is 15.5. The molecule has 0 saturated heterocycles. The van der Waals surface area contributed by atoms with Gasteiger partial charge in [0.25, 0.3) is 0 Å². The molecule has 0 fully saturated rings. The maximum Gasteiger partial charge on any atom is 0.234 e. The molecule has 1 heterocycles. The zero-order valence-corrected chi connectivity index (χ0v) is 18.9. The minimum absolute atomic E-state index is 0.169. The van der Waals surface area contributed by atoms with Crippen molar-refractivity contribution in [3.63, 3.8) is 0 Å². The summed E-state index contributed by atoms with van der Waals surface area (Å²) in [6.07, 6.45) is 1.65. The molecule has 2 aromatic carbocycles. The number of carbonyl (C=O) groups excluding carboxylic acids is 1. The van der Waals surface area contributed by atoms with Gasteiger partial charge in [-0.25, -0.2) is 0 Å². The van der Waals surface area contributed by atoms with Crippen molar-refractivity contribution >= 4 is 19.9 Å². The van der Waals surface area contributed by atoms with E-state index in [4.69, 9.17) is 4.43 Å². The smallest absolute Gasteiger partial charge is 0.234 e. The standard InChI is InChI=1S/C24H33NO2Si/c1-24(2,3)28(4,5)27-18-16-21(19-11-7-6-8-12-19)23(26)25-17-15-20-13-9-10-14-22(20)25/h6-14,21H,15-18H2,1-5H3/t21-/m0/s1. The monoisotopic (exact) mass is 395 g/mol. The van der Waals surface area contributed by atoms with Gasteiger partial charge in [-0.3, -0.25) is 4.79 Å². The van der Waals surface area contributed by atoms with Crippen molar-refractivity contribution in [1.82, 2.24) is 0 Å². The fourth-order valence-corrected chi connectivity index (χ4v) is 4.58. The SMILES string of the molecule is CC(C)(C)[Si](C)(C)OCC[C@H](C(=O)N1CCc2ccccc21)c1ccccc1. The summed E-state index contributed by atoms with van der Waals surface area (Å²) >= 11 is 0. The van der Waals surface area contributed by atoms with Crippen LogP contribution in [0.1, 0.15) is 44.2 Å². The van der Waals surface area contributed by atoms with Crippen LogP contribution < -0.4 is 4.90 Å². The van der Waals surface area contributed by atoms with E-state index in [-0.39, 0.29) is 16.9 Å². The van der Waals surface area contributed by atoms with Crippen LogP contribution in [-0.2, 0) is 15.6 Å². The summed E-state index contributed by atoms with van der Waals surface area (Å²) in [5.41, 5.74) is 3.41. The highest BCUT2D eigenvalue weighted by atomic mass is 28.4. The largest absolute Gasteiger partial charge is 0.417 e. The molecule has 0 radical (unpaired) electrons. The second-order valence-electron chi connectivity index (χ2n) is 9.23. The van der Waals surface area contributed by atoms with Crippen molar-refractivity contribution in [1.29, 1.82) is 0 Å². The Bertz CT molecular complexity index is 811. The van der Waals surface area contributed by atoms with E-state index in [2.05, 4.69) is 64.2 Å². The second kappa shape index (κ2) is 8.22. The van der Waals surface area contributed by atoms with Crippen LogP contribution in [0.25, 0.3) is 0 Å². The summed E-state index contributed by atoms with van der Waals surface area (Å²) in [7, 11) is -1.82. The first-order valence-electron chi connectivity index (χ1n) is 10.3. The van der Waals surface area contributed by atoms with Crippen LogP contribution in [0.3, 0.4) is 0 Å². The molecule has 0 N–H and O–H groups in total. The molecule has 150 valence electrons. The third kappa shape index (κ3) is 4.39. The molecule has 1 atom stereocenters. The quantitative estimate of drug-likeness (QED) is 0.581. The fraction of sp³-hybridized carbons (Fsp3) is 0.458. The normalized spacial score (nSPS) is 15.4. The van der Waals surface area contributed by atoms with Gasteiger partial charge in [0.05, 0.1) is 5.92 Å². The average molecular weight is 396 g/mol. The van der Waals surface area contributed by atoms with Gasteiger partial charge >= 0.3 is 0 Å². The maximum absolute atomic E-state index is 13.5. The minimum atomic E-state index is -1.82. The molecule has 0 aromatic heterocycles. The van der Waals surface area contributed by atoms with Gasteiger partial charge in [-0.05, 0) is 48.2 Å². The molecule has 0 unspecified atom stereocenters. The molecule has 3 rings (SSSR count). The number of hydrogen-bond acceptors (Lipinski definition) is 2. The lowest BCUT2D eigenvalue weighted by Gasteiger charge is -2.36. The highest BCUT2D eigenvalue weighted by Gasteiger charge is 2.38.